The zero-order chi connectivity index (χ0) is 29.2. The first-order valence-corrected chi connectivity index (χ1v) is 13.3. The first kappa shape index (κ1) is 31.2. The number of nitrogens with one attached hydrogen (secondary N) is 2. The third-order valence-electron chi connectivity index (χ3n) is 7.76. The Morgan fingerprint density at radius 3 is 2.03 bits per heavy atom. The minimum atomic E-state index is -4.94. The molecule has 0 saturated heterocycles. The molecular weight excluding hydrogens is 528 g/mol. The van der Waals surface area contributed by atoms with Crippen molar-refractivity contribution in [2.45, 2.75) is 90.2 Å². The lowest BCUT2D eigenvalue weighted by Crippen LogP contribution is -2.24. The number of halogens is 8. The molecule has 0 aromatic heterocycles. The third kappa shape index (κ3) is 7.64. The van der Waals surface area contributed by atoms with Gasteiger partial charge in [0, 0.05) is 37.3 Å². The monoisotopic (exact) mass is 564 g/mol. The first-order chi connectivity index (χ1) is 18.1. The lowest BCUT2D eigenvalue weighted by atomic mass is 9.86. The zero-order valence-corrected chi connectivity index (χ0v) is 22.6. The average molecular weight is 565 g/mol. The first-order valence-electron chi connectivity index (χ1n) is 13.3. The molecule has 0 saturated carbocycles. The lowest BCUT2D eigenvalue weighted by molar-refractivity contribution is -0.143. The van der Waals surface area contributed by atoms with Gasteiger partial charge in [0.25, 0.3) is 5.92 Å². The normalized spacial score (nSPS) is 16.8. The van der Waals surface area contributed by atoms with E-state index in [1.54, 1.807) is 13.1 Å². The number of anilines is 1. The van der Waals surface area contributed by atoms with Gasteiger partial charge in [0.1, 0.15) is 0 Å². The Bertz CT molecular complexity index is 1090. The molecule has 2 atom stereocenters. The highest BCUT2D eigenvalue weighted by Crippen LogP contribution is 2.45. The summed E-state index contributed by atoms with van der Waals surface area (Å²) in [6.45, 7) is 6.12. The van der Waals surface area contributed by atoms with Crippen LogP contribution in [0.3, 0.4) is 0 Å². The Hall–Kier alpha value is -2.36. The molecule has 0 radical (unpaired) electrons. The van der Waals surface area contributed by atoms with Gasteiger partial charge in [-0.25, -0.2) is 8.78 Å². The van der Waals surface area contributed by atoms with Crippen molar-refractivity contribution in [2.24, 2.45) is 11.8 Å². The molecule has 10 heteroatoms. The van der Waals surface area contributed by atoms with Gasteiger partial charge in [-0.15, -0.1) is 0 Å². The van der Waals surface area contributed by atoms with Crippen LogP contribution >= 0.6 is 0 Å². The van der Waals surface area contributed by atoms with E-state index in [0.717, 1.165) is 19.3 Å². The van der Waals surface area contributed by atoms with E-state index < -0.39 is 35.4 Å². The smallest absolute Gasteiger partial charge is 0.388 e. The van der Waals surface area contributed by atoms with Crippen LogP contribution < -0.4 is 10.6 Å². The van der Waals surface area contributed by atoms with E-state index in [1.807, 2.05) is 0 Å². The van der Waals surface area contributed by atoms with Crippen molar-refractivity contribution in [3.05, 3.63) is 63.7 Å². The van der Waals surface area contributed by atoms with Crippen LogP contribution in [-0.4, -0.2) is 7.05 Å². The summed E-state index contributed by atoms with van der Waals surface area (Å²) < 4.78 is 109. The van der Waals surface area contributed by atoms with Crippen molar-refractivity contribution < 1.29 is 35.1 Å². The summed E-state index contributed by atoms with van der Waals surface area (Å²) in [7, 11) is 1.60. The molecule has 0 fully saturated rings. The topological polar surface area (TPSA) is 24.1 Å². The van der Waals surface area contributed by atoms with Gasteiger partial charge in [-0.05, 0) is 65.6 Å². The third-order valence-corrected chi connectivity index (χ3v) is 7.76. The summed E-state index contributed by atoms with van der Waals surface area (Å²) in [5.74, 6) is -2.02. The van der Waals surface area contributed by atoms with Crippen molar-refractivity contribution in [1.29, 1.82) is 0 Å². The molecule has 1 aliphatic rings. The highest BCUT2D eigenvalue weighted by molar-refractivity contribution is 5.59. The Balaban J connectivity index is 1.95. The van der Waals surface area contributed by atoms with Crippen molar-refractivity contribution in [2.75, 3.05) is 12.4 Å². The van der Waals surface area contributed by atoms with Crippen LogP contribution in [-0.2, 0) is 31.2 Å². The van der Waals surface area contributed by atoms with Crippen LogP contribution in [0.25, 0.3) is 0 Å². The Morgan fingerprint density at radius 1 is 0.897 bits per heavy atom. The maximum atomic E-state index is 14.4. The summed E-state index contributed by atoms with van der Waals surface area (Å²) in [4.78, 5) is 0. The van der Waals surface area contributed by atoms with Crippen LogP contribution in [0.4, 0.5) is 40.8 Å². The molecule has 2 unspecified atom stereocenters. The lowest BCUT2D eigenvalue weighted by Gasteiger charge is -2.26. The number of benzene rings is 2. The fraction of sp³-hybridized carbons (Fsp3) is 0.586. The number of fused-ring (bicyclic) bond motifs is 1. The summed E-state index contributed by atoms with van der Waals surface area (Å²) >= 11 is 0. The molecule has 2 aromatic carbocycles. The molecule has 0 spiro atoms. The molecule has 0 heterocycles. The van der Waals surface area contributed by atoms with E-state index in [0.29, 0.717) is 47.2 Å². The predicted molar refractivity (Wildman–Crippen MR) is 137 cm³/mol. The van der Waals surface area contributed by atoms with Crippen LogP contribution in [0.2, 0.25) is 0 Å². The number of aryl methyl sites for hydroxylation is 1. The molecule has 1 aliphatic carbocycles. The van der Waals surface area contributed by atoms with E-state index >= 15 is 0 Å². The molecule has 39 heavy (non-hydrogen) atoms. The number of hydrogen-bond acceptors (Lipinski definition) is 2. The summed E-state index contributed by atoms with van der Waals surface area (Å²) in [5, 5.41) is 6.11. The van der Waals surface area contributed by atoms with Gasteiger partial charge in [-0.2, -0.15) is 26.3 Å². The van der Waals surface area contributed by atoms with Crippen LogP contribution in [0.15, 0.2) is 30.3 Å². The van der Waals surface area contributed by atoms with Crippen molar-refractivity contribution in [3.8, 4) is 0 Å². The Morgan fingerprint density at radius 2 is 1.51 bits per heavy atom. The fourth-order valence-corrected chi connectivity index (χ4v) is 5.47. The van der Waals surface area contributed by atoms with E-state index in [2.05, 4.69) is 31.4 Å². The summed E-state index contributed by atoms with van der Waals surface area (Å²) in [6.07, 6.45) is -6.82. The second kappa shape index (κ2) is 12.0. The summed E-state index contributed by atoms with van der Waals surface area (Å²) in [5.41, 5.74) is -1.30. The minimum absolute atomic E-state index is 0.0482. The molecule has 2 aromatic rings. The molecule has 218 valence electrons. The maximum absolute atomic E-state index is 14.4. The predicted octanol–water partition coefficient (Wildman–Crippen LogP) is 9.49. The van der Waals surface area contributed by atoms with Gasteiger partial charge in [0.15, 0.2) is 0 Å². The van der Waals surface area contributed by atoms with Crippen LogP contribution in [0.1, 0.15) is 92.3 Å². The highest BCUT2D eigenvalue weighted by Gasteiger charge is 2.40. The van der Waals surface area contributed by atoms with Gasteiger partial charge in [0.05, 0.1) is 11.1 Å². The zero-order valence-electron chi connectivity index (χ0n) is 22.6. The highest BCUT2D eigenvalue weighted by atomic mass is 19.4. The van der Waals surface area contributed by atoms with Gasteiger partial charge in [0.2, 0.25) is 0 Å². The van der Waals surface area contributed by atoms with E-state index in [1.165, 1.54) is 6.07 Å². The van der Waals surface area contributed by atoms with E-state index in [9.17, 15) is 35.1 Å². The van der Waals surface area contributed by atoms with Crippen LogP contribution in [0.5, 0.6) is 0 Å². The molecule has 2 N–H and O–H groups in total. The number of alkyl halides is 8. The van der Waals surface area contributed by atoms with Gasteiger partial charge in [-0.3, -0.25) is 0 Å². The van der Waals surface area contributed by atoms with Gasteiger partial charge in [-0.1, -0.05) is 46.1 Å². The van der Waals surface area contributed by atoms with E-state index in [4.69, 9.17) is 0 Å². The number of hydrogen-bond donors (Lipinski definition) is 2. The molecular formula is C29H36F8N2. The average Bonchev–Trinajstić information content (AvgIpc) is 3.14. The SMILES string of the molecule is CCC(CCCC(NCc1cc(C(F)(F)F)cc(C(F)(F)F)c1)c1cc2c(cc1NC)C(F)(F)CC2)C(C)C. The Labute approximate surface area is 224 Å². The van der Waals surface area contributed by atoms with E-state index in [-0.39, 0.29) is 36.6 Å². The summed E-state index contributed by atoms with van der Waals surface area (Å²) in [6, 6.07) is 4.19. The molecule has 0 bridgehead atoms. The largest absolute Gasteiger partial charge is 0.416 e. The second-order valence-corrected chi connectivity index (χ2v) is 10.7. The minimum Gasteiger partial charge on any atom is -0.388 e. The number of rotatable bonds is 11. The quantitative estimate of drug-likeness (QED) is 0.266. The molecule has 0 amide bonds. The van der Waals surface area contributed by atoms with Crippen LogP contribution in [0, 0.1) is 11.8 Å². The maximum Gasteiger partial charge on any atom is 0.416 e. The van der Waals surface area contributed by atoms with Crippen molar-refractivity contribution >= 4 is 5.69 Å². The van der Waals surface area contributed by atoms with Crippen molar-refractivity contribution in [3.63, 3.8) is 0 Å². The fourth-order valence-electron chi connectivity index (χ4n) is 5.47. The standard InChI is InChI=1S/C29H36F8N2/c1-5-19(17(2)3)7-6-8-25(23-13-20-9-10-27(30,31)24(20)15-26(23)38-4)39-16-18-11-21(28(32,33)34)14-22(12-18)29(35,36)37/h11-15,17,19,25,38-39H,5-10,16H2,1-4H3. The van der Waals surface area contributed by atoms with Gasteiger partial charge >= 0.3 is 12.4 Å². The van der Waals surface area contributed by atoms with Crippen molar-refractivity contribution in [1.82, 2.24) is 5.32 Å². The molecule has 0 aliphatic heterocycles. The Kier molecular flexibility index (Phi) is 9.61. The molecule has 3 rings (SSSR count). The van der Waals surface area contributed by atoms with Gasteiger partial charge < -0.3 is 10.6 Å². The second-order valence-electron chi connectivity index (χ2n) is 10.7. The molecule has 2 nitrogen and oxygen atoms in total.